The quantitative estimate of drug-likeness (QED) is 0.853. The first-order chi connectivity index (χ1) is 10.1. The average Bonchev–Trinajstić information content (AvgIpc) is 3.09. The lowest BCUT2D eigenvalue weighted by molar-refractivity contribution is -0.143. The Bertz CT molecular complexity index is 586. The van der Waals surface area contributed by atoms with Crippen LogP contribution in [0.15, 0.2) is 24.3 Å². The number of fused-ring (bicyclic) bond motifs is 1. The Morgan fingerprint density at radius 1 is 1.33 bits per heavy atom. The molecular weight excluding hydrogens is 267 g/mol. The summed E-state index contributed by atoms with van der Waals surface area (Å²) in [5.74, 6) is 0.757. The SMILES string of the molecule is CC1(CC2CC2)CN2CCC(c3cccc(F)c3)N2C1=O. The number of benzene rings is 1. The molecule has 2 saturated heterocycles. The van der Waals surface area contributed by atoms with E-state index >= 15 is 0 Å². The minimum absolute atomic E-state index is 0.00854. The molecule has 3 aliphatic rings. The molecule has 21 heavy (non-hydrogen) atoms. The lowest BCUT2D eigenvalue weighted by Gasteiger charge is -2.27. The molecule has 2 aliphatic heterocycles. The van der Waals surface area contributed by atoms with Gasteiger partial charge in [0.15, 0.2) is 0 Å². The molecule has 0 spiro atoms. The average molecular weight is 288 g/mol. The Kier molecular flexibility index (Phi) is 2.86. The molecule has 1 aromatic carbocycles. The Labute approximate surface area is 124 Å². The highest BCUT2D eigenvalue weighted by Crippen LogP contribution is 2.48. The van der Waals surface area contributed by atoms with Crippen LogP contribution >= 0.6 is 0 Å². The summed E-state index contributed by atoms with van der Waals surface area (Å²) < 4.78 is 13.5. The smallest absolute Gasteiger partial charge is 0.244 e. The van der Waals surface area contributed by atoms with Crippen molar-refractivity contribution in [1.29, 1.82) is 0 Å². The molecular formula is C17H21FN2O. The van der Waals surface area contributed by atoms with Crippen LogP contribution < -0.4 is 0 Å². The van der Waals surface area contributed by atoms with E-state index in [-0.39, 0.29) is 23.2 Å². The maximum atomic E-state index is 13.5. The Morgan fingerprint density at radius 2 is 2.14 bits per heavy atom. The maximum absolute atomic E-state index is 13.5. The van der Waals surface area contributed by atoms with E-state index in [0.717, 1.165) is 37.4 Å². The van der Waals surface area contributed by atoms with E-state index in [4.69, 9.17) is 0 Å². The van der Waals surface area contributed by atoms with Crippen molar-refractivity contribution in [2.24, 2.45) is 11.3 Å². The molecule has 2 atom stereocenters. The van der Waals surface area contributed by atoms with Gasteiger partial charge >= 0.3 is 0 Å². The predicted molar refractivity (Wildman–Crippen MR) is 77.6 cm³/mol. The minimum atomic E-state index is -0.243. The van der Waals surface area contributed by atoms with Crippen LogP contribution in [0.3, 0.4) is 0 Å². The second kappa shape index (κ2) is 4.54. The number of hydrogen-bond donors (Lipinski definition) is 0. The molecule has 0 radical (unpaired) electrons. The van der Waals surface area contributed by atoms with Gasteiger partial charge in [-0.2, -0.15) is 0 Å². The molecule has 2 unspecified atom stereocenters. The lowest BCUT2D eigenvalue weighted by atomic mass is 9.84. The Hall–Kier alpha value is -1.42. The largest absolute Gasteiger partial charge is 0.273 e. The van der Waals surface area contributed by atoms with Gasteiger partial charge < -0.3 is 0 Å². The van der Waals surface area contributed by atoms with Crippen LogP contribution in [-0.4, -0.2) is 29.0 Å². The van der Waals surface area contributed by atoms with E-state index in [0.29, 0.717) is 0 Å². The first-order valence-electron chi connectivity index (χ1n) is 7.91. The van der Waals surface area contributed by atoms with Crippen LogP contribution in [0.2, 0.25) is 0 Å². The van der Waals surface area contributed by atoms with Gasteiger partial charge in [-0.3, -0.25) is 9.80 Å². The molecule has 0 N–H and O–H groups in total. The number of hydrogen-bond acceptors (Lipinski definition) is 2. The number of rotatable bonds is 3. The van der Waals surface area contributed by atoms with E-state index in [1.807, 2.05) is 11.1 Å². The summed E-state index contributed by atoms with van der Waals surface area (Å²) in [6.07, 6.45) is 4.45. The van der Waals surface area contributed by atoms with Crippen molar-refractivity contribution in [2.75, 3.05) is 13.1 Å². The zero-order valence-corrected chi connectivity index (χ0v) is 12.4. The third kappa shape index (κ3) is 2.16. The number of nitrogens with zero attached hydrogens (tertiary/aromatic N) is 2. The molecule has 3 nitrogen and oxygen atoms in total. The Morgan fingerprint density at radius 3 is 2.86 bits per heavy atom. The highest BCUT2D eigenvalue weighted by atomic mass is 19.1. The molecule has 1 aliphatic carbocycles. The van der Waals surface area contributed by atoms with Crippen molar-refractivity contribution >= 4 is 5.91 Å². The summed E-state index contributed by atoms with van der Waals surface area (Å²) in [4.78, 5) is 12.9. The summed E-state index contributed by atoms with van der Waals surface area (Å²) in [5, 5.41) is 4.09. The monoisotopic (exact) mass is 288 g/mol. The summed E-state index contributed by atoms with van der Waals surface area (Å²) in [5.41, 5.74) is 0.675. The molecule has 3 fully saturated rings. The minimum Gasteiger partial charge on any atom is -0.273 e. The van der Waals surface area contributed by atoms with Gasteiger partial charge in [0.25, 0.3) is 0 Å². The van der Waals surface area contributed by atoms with Crippen molar-refractivity contribution in [3.63, 3.8) is 0 Å². The van der Waals surface area contributed by atoms with Gasteiger partial charge in [0.1, 0.15) is 5.82 Å². The fourth-order valence-electron chi connectivity index (χ4n) is 4.00. The molecule has 2 heterocycles. The maximum Gasteiger partial charge on any atom is 0.244 e. The van der Waals surface area contributed by atoms with E-state index in [2.05, 4.69) is 11.9 Å². The zero-order chi connectivity index (χ0) is 14.6. The summed E-state index contributed by atoms with van der Waals surface area (Å²) >= 11 is 0. The normalized spacial score (nSPS) is 32.8. The van der Waals surface area contributed by atoms with Crippen molar-refractivity contribution in [1.82, 2.24) is 10.0 Å². The van der Waals surface area contributed by atoms with Crippen LogP contribution in [0.25, 0.3) is 0 Å². The van der Waals surface area contributed by atoms with Crippen molar-refractivity contribution in [2.45, 2.75) is 38.6 Å². The topological polar surface area (TPSA) is 23.6 Å². The summed E-state index contributed by atoms with van der Waals surface area (Å²) in [7, 11) is 0. The summed E-state index contributed by atoms with van der Waals surface area (Å²) in [6, 6.07) is 6.70. The molecule has 0 bridgehead atoms. The van der Waals surface area contributed by atoms with E-state index in [1.54, 1.807) is 12.1 Å². The summed E-state index contributed by atoms with van der Waals surface area (Å²) in [6.45, 7) is 3.83. The highest BCUT2D eigenvalue weighted by Gasteiger charge is 2.54. The molecule has 1 saturated carbocycles. The van der Waals surface area contributed by atoms with Gasteiger partial charge in [-0.15, -0.1) is 0 Å². The number of carbonyl (C=O) groups excluding carboxylic acids is 1. The lowest BCUT2D eigenvalue weighted by Crippen LogP contribution is -2.36. The molecule has 0 aromatic heterocycles. The molecule has 1 amide bonds. The van der Waals surface area contributed by atoms with E-state index in [9.17, 15) is 9.18 Å². The highest BCUT2D eigenvalue weighted by molar-refractivity contribution is 5.85. The fourth-order valence-corrected chi connectivity index (χ4v) is 4.00. The third-order valence-electron chi connectivity index (χ3n) is 5.19. The number of amides is 1. The Balaban J connectivity index is 1.61. The number of halogens is 1. The first-order valence-corrected chi connectivity index (χ1v) is 7.91. The van der Waals surface area contributed by atoms with Crippen molar-refractivity contribution in [3.8, 4) is 0 Å². The van der Waals surface area contributed by atoms with Gasteiger partial charge in [0.2, 0.25) is 5.91 Å². The second-order valence-electron chi connectivity index (χ2n) is 7.11. The zero-order valence-electron chi connectivity index (χ0n) is 12.4. The van der Waals surface area contributed by atoms with Crippen molar-refractivity contribution in [3.05, 3.63) is 35.6 Å². The molecule has 4 heteroatoms. The van der Waals surface area contributed by atoms with Crippen LogP contribution in [0.1, 0.15) is 44.2 Å². The van der Waals surface area contributed by atoms with Gasteiger partial charge in [0.05, 0.1) is 11.5 Å². The molecule has 112 valence electrons. The van der Waals surface area contributed by atoms with Crippen molar-refractivity contribution < 1.29 is 9.18 Å². The molecule has 4 rings (SSSR count). The predicted octanol–water partition coefficient (Wildman–Crippen LogP) is 3.14. The second-order valence-corrected chi connectivity index (χ2v) is 7.11. The van der Waals surface area contributed by atoms with Gasteiger partial charge in [-0.25, -0.2) is 9.40 Å². The standard InChI is InChI=1S/C17H21FN2O/c1-17(10-12-5-6-12)11-19-8-7-15(20(19)16(17)21)13-3-2-4-14(18)9-13/h2-4,9,12,15H,5-8,10-11H2,1H3. The number of carbonyl (C=O) groups is 1. The van der Waals surface area contributed by atoms with Gasteiger partial charge in [-0.05, 0) is 43.4 Å². The van der Waals surface area contributed by atoms with Crippen LogP contribution in [0.5, 0.6) is 0 Å². The number of hydrazine groups is 1. The van der Waals surface area contributed by atoms with Gasteiger partial charge in [-0.1, -0.05) is 25.0 Å². The third-order valence-corrected chi connectivity index (χ3v) is 5.19. The van der Waals surface area contributed by atoms with Crippen LogP contribution in [0, 0.1) is 17.2 Å². The van der Waals surface area contributed by atoms with Crippen LogP contribution in [0.4, 0.5) is 4.39 Å². The fraction of sp³-hybridized carbons (Fsp3) is 0.588. The first kappa shape index (κ1) is 13.3. The van der Waals surface area contributed by atoms with Gasteiger partial charge in [0, 0.05) is 13.1 Å². The van der Waals surface area contributed by atoms with E-state index in [1.165, 1.54) is 18.9 Å². The van der Waals surface area contributed by atoms with Crippen LogP contribution in [-0.2, 0) is 4.79 Å². The van der Waals surface area contributed by atoms with E-state index < -0.39 is 0 Å². The molecule has 1 aromatic rings.